The van der Waals surface area contributed by atoms with Gasteiger partial charge < -0.3 is 15.5 Å². The monoisotopic (exact) mass is 343 g/mol. The number of amides is 1. The second-order valence-corrected chi connectivity index (χ2v) is 6.27. The summed E-state index contributed by atoms with van der Waals surface area (Å²) >= 11 is 0. The third kappa shape index (κ3) is 4.46. The minimum Gasteiger partial charge on any atom is -0.356 e. The van der Waals surface area contributed by atoms with Crippen LogP contribution in [-0.2, 0) is 4.79 Å². The van der Waals surface area contributed by atoms with Crippen LogP contribution < -0.4 is 15.5 Å². The van der Waals surface area contributed by atoms with Crippen molar-refractivity contribution in [3.8, 4) is 0 Å². The zero-order valence-electron chi connectivity index (χ0n) is 14.8. The van der Waals surface area contributed by atoms with E-state index in [2.05, 4.69) is 30.6 Å². The number of rotatable bonds is 7. The van der Waals surface area contributed by atoms with E-state index in [1.807, 2.05) is 19.9 Å². The summed E-state index contributed by atoms with van der Waals surface area (Å²) in [5.41, 5.74) is 0.940. The van der Waals surface area contributed by atoms with Gasteiger partial charge in [-0.25, -0.2) is 4.98 Å². The molecule has 1 aliphatic heterocycles. The van der Waals surface area contributed by atoms with Gasteiger partial charge in [-0.2, -0.15) is 10.1 Å². The Morgan fingerprint density at radius 3 is 2.80 bits per heavy atom. The van der Waals surface area contributed by atoms with Gasteiger partial charge >= 0.3 is 0 Å². The van der Waals surface area contributed by atoms with E-state index in [0.717, 1.165) is 24.6 Å². The summed E-state index contributed by atoms with van der Waals surface area (Å²) in [5, 5.41) is 10.2. The average molecular weight is 343 g/mol. The SMILES string of the molecule is Cc1cc(N2CCCC2)nc(NCCNC(=O)C(C)n2cccn2)n1. The largest absolute Gasteiger partial charge is 0.356 e. The summed E-state index contributed by atoms with van der Waals surface area (Å²) in [6, 6.07) is 3.49. The highest BCUT2D eigenvalue weighted by Gasteiger charge is 2.16. The fourth-order valence-electron chi connectivity index (χ4n) is 2.88. The van der Waals surface area contributed by atoms with Gasteiger partial charge in [-0.05, 0) is 32.8 Å². The Bertz CT molecular complexity index is 695. The molecule has 25 heavy (non-hydrogen) atoms. The van der Waals surface area contributed by atoms with Gasteiger partial charge in [0.15, 0.2) is 0 Å². The molecule has 1 atom stereocenters. The van der Waals surface area contributed by atoms with Crippen LogP contribution in [0.25, 0.3) is 0 Å². The molecular formula is C17H25N7O. The van der Waals surface area contributed by atoms with Gasteiger partial charge in [0, 0.05) is 50.3 Å². The summed E-state index contributed by atoms with van der Waals surface area (Å²) in [5.74, 6) is 1.52. The van der Waals surface area contributed by atoms with Crippen molar-refractivity contribution >= 4 is 17.7 Å². The highest BCUT2D eigenvalue weighted by molar-refractivity contribution is 5.79. The molecule has 1 aliphatic rings. The predicted molar refractivity (Wildman–Crippen MR) is 96.7 cm³/mol. The van der Waals surface area contributed by atoms with Gasteiger partial charge in [0.25, 0.3) is 0 Å². The number of nitrogens with one attached hydrogen (secondary N) is 2. The Labute approximate surface area is 147 Å². The molecule has 2 aromatic rings. The molecule has 1 fully saturated rings. The van der Waals surface area contributed by atoms with Crippen LogP contribution in [-0.4, -0.2) is 51.8 Å². The van der Waals surface area contributed by atoms with E-state index in [-0.39, 0.29) is 11.9 Å². The molecule has 8 nitrogen and oxygen atoms in total. The molecule has 0 radical (unpaired) electrons. The van der Waals surface area contributed by atoms with Crippen LogP contribution >= 0.6 is 0 Å². The first kappa shape index (κ1) is 17.2. The van der Waals surface area contributed by atoms with E-state index in [4.69, 9.17) is 0 Å². The fraction of sp³-hybridized carbons (Fsp3) is 0.529. The maximum atomic E-state index is 12.1. The minimum atomic E-state index is -0.327. The van der Waals surface area contributed by atoms with Gasteiger partial charge in [-0.15, -0.1) is 0 Å². The first-order valence-electron chi connectivity index (χ1n) is 8.75. The summed E-state index contributed by atoms with van der Waals surface area (Å²) in [6.45, 7) is 6.97. The Kier molecular flexibility index (Phi) is 5.47. The van der Waals surface area contributed by atoms with E-state index in [1.54, 1.807) is 23.1 Å². The first-order valence-corrected chi connectivity index (χ1v) is 8.75. The summed E-state index contributed by atoms with van der Waals surface area (Å²) < 4.78 is 1.63. The fourth-order valence-corrected chi connectivity index (χ4v) is 2.88. The van der Waals surface area contributed by atoms with Crippen molar-refractivity contribution in [3.63, 3.8) is 0 Å². The van der Waals surface area contributed by atoms with Crippen LogP contribution in [0.2, 0.25) is 0 Å². The predicted octanol–water partition coefficient (Wildman–Crippen LogP) is 1.37. The molecule has 0 saturated carbocycles. The van der Waals surface area contributed by atoms with Crippen LogP contribution in [0, 0.1) is 6.92 Å². The van der Waals surface area contributed by atoms with E-state index in [0.29, 0.717) is 19.0 Å². The lowest BCUT2D eigenvalue weighted by Gasteiger charge is -2.18. The third-order valence-corrected chi connectivity index (χ3v) is 4.28. The number of hydrogen-bond donors (Lipinski definition) is 2. The topological polar surface area (TPSA) is 88.0 Å². The smallest absolute Gasteiger partial charge is 0.244 e. The summed E-state index contributed by atoms with van der Waals surface area (Å²) in [7, 11) is 0. The van der Waals surface area contributed by atoms with Gasteiger partial charge in [0.1, 0.15) is 11.9 Å². The second-order valence-electron chi connectivity index (χ2n) is 6.27. The molecule has 3 heterocycles. The number of carbonyl (C=O) groups excluding carboxylic acids is 1. The van der Waals surface area contributed by atoms with Gasteiger partial charge in [-0.3, -0.25) is 9.48 Å². The van der Waals surface area contributed by atoms with Crippen molar-refractivity contribution in [1.29, 1.82) is 0 Å². The standard InChI is InChI=1S/C17H25N7O/c1-13-12-15(23-9-3-4-10-23)22-17(21-13)19-8-7-18-16(25)14(2)24-11-5-6-20-24/h5-6,11-12,14H,3-4,7-10H2,1-2H3,(H,18,25)(H,19,21,22). The van der Waals surface area contributed by atoms with Gasteiger partial charge in [0.05, 0.1) is 0 Å². The van der Waals surface area contributed by atoms with Crippen molar-refractivity contribution in [2.75, 3.05) is 36.4 Å². The van der Waals surface area contributed by atoms with Crippen LogP contribution in [0.4, 0.5) is 11.8 Å². The maximum absolute atomic E-state index is 12.1. The van der Waals surface area contributed by atoms with Gasteiger partial charge in [0.2, 0.25) is 11.9 Å². The van der Waals surface area contributed by atoms with Crippen LogP contribution in [0.3, 0.4) is 0 Å². The molecular weight excluding hydrogens is 318 g/mol. The number of carbonyl (C=O) groups is 1. The number of nitrogens with zero attached hydrogens (tertiary/aromatic N) is 5. The lowest BCUT2D eigenvalue weighted by molar-refractivity contribution is -0.124. The highest BCUT2D eigenvalue weighted by Crippen LogP contribution is 2.19. The van der Waals surface area contributed by atoms with Crippen molar-refractivity contribution in [3.05, 3.63) is 30.2 Å². The molecule has 1 amide bonds. The van der Waals surface area contributed by atoms with Crippen LogP contribution in [0.1, 0.15) is 31.5 Å². The molecule has 134 valence electrons. The maximum Gasteiger partial charge on any atom is 0.244 e. The summed E-state index contributed by atoms with van der Waals surface area (Å²) in [6.07, 6.45) is 5.87. The Hall–Kier alpha value is -2.64. The molecule has 0 aliphatic carbocycles. The quantitative estimate of drug-likeness (QED) is 0.738. The van der Waals surface area contributed by atoms with Crippen molar-refractivity contribution in [2.45, 2.75) is 32.7 Å². The number of aromatic nitrogens is 4. The number of anilines is 2. The van der Waals surface area contributed by atoms with E-state index >= 15 is 0 Å². The average Bonchev–Trinajstić information content (AvgIpc) is 3.31. The van der Waals surface area contributed by atoms with Gasteiger partial charge in [-0.1, -0.05) is 0 Å². The van der Waals surface area contributed by atoms with Crippen LogP contribution in [0.5, 0.6) is 0 Å². The Morgan fingerprint density at radius 1 is 1.28 bits per heavy atom. The molecule has 1 saturated heterocycles. The lowest BCUT2D eigenvalue weighted by atomic mass is 10.3. The lowest BCUT2D eigenvalue weighted by Crippen LogP contribution is -2.34. The van der Waals surface area contributed by atoms with E-state index in [9.17, 15) is 4.79 Å². The summed E-state index contributed by atoms with van der Waals surface area (Å²) in [4.78, 5) is 23.4. The molecule has 2 N–H and O–H groups in total. The molecule has 2 aromatic heterocycles. The molecule has 0 bridgehead atoms. The van der Waals surface area contributed by atoms with Crippen molar-refractivity contribution < 1.29 is 4.79 Å². The normalized spacial score (nSPS) is 15.2. The first-order chi connectivity index (χ1) is 12.1. The molecule has 8 heteroatoms. The molecule has 1 unspecified atom stereocenters. The second kappa shape index (κ2) is 7.96. The minimum absolute atomic E-state index is 0.0617. The van der Waals surface area contributed by atoms with Crippen molar-refractivity contribution in [1.82, 2.24) is 25.1 Å². The zero-order chi connectivity index (χ0) is 17.6. The van der Waals surface area contributed by atoms with Crippen molar-refractivity contribution in [2.24, 2.45) is 0 Å². The zero-order valence-corrected chi connectivity index (χ0v) is 14.8. The third-order valence-electron chi connectivity index (χ3n) is 4.28. The van der Waals surface area contributed by atoms with E-state index in [1.165, 1.54) is 12.8 Å². The Balaban J connectivity index is 1.48. The highest BCUT2D eigenvalue weighted by atomic mass is 16.2. The van der Waals surface area contributed by atoms with E-state index < -0.39 is 0 Å². The molecule has 0 aromatic carbocycles. The molecule has 0 spiro atoms. The number of aryl methyl sites for hydroxylation is 1. The molecule has 3 rings (SSSR count). The number of hydrogen-bond acceptors (Lipinski definition) is 6. The Morgan fingerprint density at radius 2 is 2.08 bits per heavy atom. The van der Waals surface area contributed by atoms with Crippen LogP contribution in [0.15, 0.2) is 24.5 Å².